The molecule has 0 unspecified atom stereocenters. The Balaban J connectivity index is 0. The van der Waals surface area contributed by atoms with Crippen molar-refractivity contribution in [1.29, 1.82) is 0 Å². The van der Waals surface area contributed by atoms with Crippen LogP contribution in [-0.2, 0) is 30.7 Å². The molecular formula is C13H20O2Pt. The summed E-state index contributed by atoms with van der Waals surface area (Å²) in [5.41, 5.74) is 0. The molecule has 0 atom stereocenters. The largest absolute Gasteiger partial charge is 2.00 e. The second-order valence-corrected chi connectivity index (χ2v) is 3.78. The van der Waals surface area contributed by atoms with Crippen molar-refractivity contribution in [2.75, 3.05) is 0 Å². The Labute approximate surface area is 113 Å². The molecule has 1 rings (SSSR count). The standard InChI is InChI=1S/C8H13.C5H7O2.Pt/c1-2-4-6-8-7-5-3-1;1-4(6)3-5(2)7;/h1H,2,4-8H2;1,3H2,2H3;/q2*-1;+2. The maximum atomic E-state index is 9.99. The zero-order valence-electron chi connectivity index (χ0n) is 9.87. The average Bonchev–Trinajstić information content (AvgIpc) is 1.99. The third kappa shape index (κ3) is 16.1. The Morgan fingerprint density at radius 1 is 1.25 bits per heavy atom. The molecule has 0 amide bonds. The van der Waals surface area contributed by atoms with E-state index in [9.17, 15) is 9.59 Å². The molecule has 0 N–H and O–H groups in total. The van der Waals surface area contributed by atoms with Crippen molar-refractivity contribution >= 4 is 11.6 Å². The summed E-state index contributed by atoms with van der Waals surface area (Å²) in [5, 5.41) is 0. The summed E-state index contributed by atoms with van der Waals surface area (Å²) in [5.74, 6) is -0.437. The molecule has 0 bridgehead atoms. The van der Waals surface area contributed by atoms with E-state index in [0.717, 1.165) is 0 Å². The molecule has 1 aliphatic rings. The Bertz CT molecular complexity index is 200. The van der Waals surface area contributed by atoms with Gasteiger partial charge in [-0.2, -0.15) is 6.42 Å². The van der Waals surface area contributed by atoms with Crippen molar-refractivity contribution in [3.63, 3.8) is 0 Å². The van der Waals surface area contributed by atoms with Crippen molar-refractivity contribution in [2.45, 2.75) is 51.9 Å². The molecule has 0 fully saturated rings. The number of hydrogen-bond acceptors (Lipinski definition) is 2. The minimum Gasteiger partial charge on any atom is -0.501 e. The monoisotopic (exact) mass is 403 g/mol. The van der Waals surface area contributed by atoms with Gasteiger partial charge in [0.2, 0.25) is 0 Å². The molecule has 1 aliphatic carbocycles. The second kappa shape index (κ2) is 12.7. The van der Waals surface area contributed by atoms with Gasteiger partial charge in [-0.25, -0.2) is 0 Å². The van der Waals surface area contributed by atoms with Crippen LogP contribution in [0.15, 0.2) is 6.08 Å². The average molecular weight is 403 g/mol. The summed E-state index contributed by atoms with van der Waals surface area (Å²) >= 11 is 0. The van der Waals surface area contributed by atoms with E-state index in [4.69, 9.17) is 0 Å². The van der Waals surface area contributed by atoms with E-state index in [1.165, 1.54) is 45.4 Å². The minimum atomic E-state index is -0.312. The van der Waals surface area contributed by atoms with Crippen LogP contribution >= 0.6 is 0 Å². The zero-order chi connectivity index (χ0) is 11.5. The summed E-state index contributed by atoms with van der Waals surface area (Å²) < 4.78 is 0. The van der Waals surface area contributed by atoms with Crippen LogP contribution < -0.4 is 0 Å². The summed E-state index contributed by atoms with van der Waals surface area (Å²) in [6.45, 7) is 4.38. The predicted octanol–water partition coefficient (Wildman–Crippen LogP) is 3.07. The third-order valence-corrected chi connectivity index (χ3v) is 2.01. The van der Waals surface area contributed by atoms with Crippen LogP contribution in [0.3, 0.4) is 0 Å². The molecule has 3 heteroatoms. The van der Waals surface area contributed by atoms with Gasteiger partial charge in [-0.3, -0.25) is 10.9 Å². The van der Waals surface area contributed by atoms with Gasteiger partial charge in [0.05, 0.1) is 0 Å². The first kappa shape index (κ1) is 18.0. The number of Topliss-reactive ketones (excluding diaryl/α,β-unsaturated/α-hetero) is 2. The van der Waals surface area contributed by atoms with E-state index >= 15 is 0 Å². The number of carbonyl (C=O) groups is 2. The van der Waals surface area contributed by atoms with Gasteiger partial charge in [-0.05, 0) is 6.92 Å². The van der Waals surface area contributed by atoms with E-state index in [0.29, 0.717) is 0 Å². The first-order valence-corrected chi connectivity index (χ1v) is 5.52. The molecular weight excluding hydrogens is 383 g/mol. The van der Waals surface area contributed by atoms with E-state index in [1.54, 1.807) is 0 Å². The SMILES string of the molecule is [C-]1=CCCCCCC1.[CH2-]C(=O)CC(C)=O.[Pt+2]. The quantitative estimate of drug-likeness (QED) is 0.525. The van der Waals surface area contributed by atoms with Crippen LogP contribution in [0.4, 0.5) is 0 Å². The van der Waals surface area contributed by atoms with Crippen LogP contribution in [0.2, 0.25) is 0 Å². The number of carbonyl (C=O) groups excluding carboxylic acids is 2. The van der Waals surface area contributed by atoms with Crippen molar-refractivity contribution in [1.82, 2.24) is 0 Å². The van der Waals surface area contributed by atoms with Gasteiger partial charge < -0.3 is 17.8 Å². The number of rotatable bonds is 2. The van der Waals surface area contributed by atoms with Gasteiger partial charge in [0.1, 0.15) is 5.78 Å². The molecule has 2 nitrogen and oxygen atoms in total. The third-order valence-electron chi connectivity index (χ3n) is 2.01. The van der Waals surface area contributed by atoms with Crippen molar-refractivity contribution in [3.05, 3.63) is 19.1 Å². The van der Waals surface area contributed by atoms with Gasteiger partial charge in [0.15, 0.2) is 0 Å². The van der Waals surface area contributed by atoms with Crippen LogP contribution in [0.25, 0.3) is 0 Å². The number of allylic oxidation sites excluding steroid dienone is 2. The fourth-order valence-electron chi connectivity index (χ4n) is 1.31. The zero-order valence-corrected chi connectivity index (χ0v) is 12.1. The molecule has 0 aromatic heterocycles. The Hall–Kier alpha value is -0.362. The van der Waals surface area contributed by atoms with Gasteiger partial charge in [-0.1, -0.05) is 32.1 Å². The first-order chi connectivity index (χ1) is 7.13. The van der Waals surface area contributed by atoms with Crippen LogP contribution in [0.1, 0.15) is 51.9 Å². The summed E-state index contributed by atoms with van der Waals surface area (Å²) in [6.07, 6.45) is 13.5. The maximum Gasteiger partial charge on any atom is 2.00 e. The molecule has 0 aliphatic heterocycles. The first-order valence-electron chi connectivity index (χ1n) is 5.52. The molecule has 0 spiro atoms. The Morgan fingerprint density at radius 3 is 2.38 bits per heavy atom. The molecule has 0 heterocycles. The molecule has 0 aromatic carbocycles. The van der Waals surface area contributed by atoms with Gasteiger partial charge in [0, 0.05) is 12.2 Å². The van der Waals surface area contributed by atoms with Crippen molar-refractivity contribution in [2.24, 2.45) is 0 Å². The maximum absolute atomic E-state index is 9.99. The Kier molecular flexibility index (Phi) is 14.3. The van der Waals surface area contributed by atoms with E-state index in [1.807, 2.05) is 0 Å². The summed E-state index contributed by atoms with van der Waals surface area (Å²) in [7, 11) is 0. The fourth-order valence-corrected chi connectivity index (χ4v) is 1.31. The second-order valence-electron chi connectivity index (χ2n) is 3.78. The predicted molar refractivity (Wildman–Crippen MR) is 61.2 cm³/mol. The van der Waals surface area contributed by atoms with Gasteiger partial charge in [-0.15, -0.1) is 0 Å². The molecule has 0 saturated heterocycles. The summed E-state index contributed by atoms with van der Waals surface area (Å²) in [6, 6.07) is 0. The van der Waals surface area contributed by atoms with Gasteiger partial charge >= 0.3 is 21.1 Å². The number of hydrogen-bond donors (Lipinski definition) is 0. The minimum absolute atomic E-state index is 0. The van der Waals surface area contributed by atoms with Crippen molar-refractivity contribution < 1.29 is 30.7 Å². The smallest absolute Gasteiger partial charge is 0.501 e. The fraction of sp³-hybridized carbons (Fsp3) is 0.615. The van der Waals surface area contributed by atoms with Crippen LogP contribution in [0, 0.1) is 13.0 Å². The summed E-state index contributed by atoms with van der Waals surface area (Å²) in [4.78, 5) is 19.9. The number of ketones is 2. The van der Waals surface area contributed by atoms with E-state index < -0.39 is 0 Å². The van der Waals surface area contributed by atoms with Crippen LogP contribution in [-0.4, -0.2) is 11.6 Å². The van der Waals surface area contributed by atoms with E-state index in [-0.39, 0.29) is 39.1 Å². The van der Waals surface area contributed by atoms with Gasteiger partial charge in [0.25, 0.3) is 0 Å². The molecule has 0 radical (unpaired) electrons. The molecule has 0 aromatic rings. The van der Waals surface area contributed by atoms with Crippen molar-refractivity contribution in [3.8, 4) is 0 Å². The molecule has 94 valence electrons. The topological polar surface area (TPSA) is 34.1 Å². The molecule has 0 saturated carbocycles. The normalized spacial score (nSPS) is 14.6. The molecule has 16 heavy (non-hydrogen) atoms. The Morgan fingerprint density at radius 2 is 1.88 bits per heavy atom. The van der Waals surface area contributed by atoms with Crippen LogP contribution in [0.5, 0.6) is 0 Å². The van der Waals surface area contributed by atoms with E-state index in [2.05, 4.69) is 19.1 Å².